The lowest BCUT2D eigenvalue weighted by atomic mass is 10.0. The summed E-state index contributed by atoms with van der Waals surface area (Å²) in [6, 6.07) is 17.6. The van der Waals surface area contributed by atoms with Crippen molar-refractivity contribution < 1.29 is 9.18 Å². The average molecular weight is 462 g/mol. The van der Waals surface area contributed by atoms with E-state index in [2.05, 4.69) is 27.6 Å². The molecule has 5 heteroatoms. The van der Waals surface area contributed by atoms with E-state index in [4.69, 9.17) is 0 Å². The highest BCUT2D eigenvalue weighted by molar-refractivity contribution is 14.1. The second-order valence-corrected chi connectivity index (χ2v) is 7.57. The van der Waals surface area contributed by atoms with Crippen molar-refractivity contribution in [3.8, 4) is 11.3 Å². The molecule has 2 aromatic carbocycles. The van der Waals surface area contributed by atoms with Gasteiger partial charge >= 0.3 is 0 Å². The van der Waals surface area contributed by atoms with E-state index in [1.54, 1.807) is 11.9 Å². The Kier molecular flexibility index (Phi) is 5.86. The molecule has 1 aromatic heterocycles. The maximum Gasteiger partial charge on any atom is 0.272 e. The molecule has 0 N–H and O–H groups in total. The number of alkyl halides is 1. The predicted molar refractivity (Wildman–Crippen MR) is 112 cm³/mol. The second kappa shape index (κ2) is 8.12. The van der Waals surface area contributed by atoms with Gasteiger partial charge in [0.2, 0.25) is 0 Å². The number of hydrogen-bond donors (Lipinski definition) is 0. The van der Waals surface area contributed by atoms with Crippen molar-refractivity contribution in [2.45, 2.75) is 19.4 Å². The highest BCUT2D eigenvalue weighted by atomic mass is 127. The molecule has 0 aliphatic rings. The summed E-state index contributed by atoms with van der Waals surface area (Å²) >= 11 is 2.26. The largest absolute Gasteiger partial charge is 0.338 e. The van der Waals surface area contributed by atoms with Gasteiger partial charge in [-0.2, -0.15) is 0 Å². The summed E-state index contributed by atoms with van der Waals surface area (Å²) in [6.07, 6.45) is 0.319. The van der Waals surface area contributed by atoms with E-state index in [1.165, 1.54) is 0 Å². The summed E-state index contributed by atoms with van der Waals surface area (Å²) in [7, 11) is 1.70. The van der Waals surface area contributed by atoms with Crippen LogP contribution in [0.15, 0.2) is 54.6 Å². The van der Waals surface area contributed by atoms with Gasteiger partial charge in [-0.3, -0.25) is 9.18 Å². The Labute approximate surface area is 166 Å². The SMILES string of the molecule is CC(CCF)N(C)C(=O)c1cc2ccccc2c(-c2ccc(I)cc2)n1. The molecule has 0 fully saturated rings. The van der Waals surface area contributed by atoms with Gasteiger partial charge in [-0.1, -0.05) is 36.4 Å². The van der Waals surface area contributed by atoms with Crippen LogP contribution in [0.5, 0.6) is 0 Å². The van der Waals surface area contributed by atoms with Crippen LogP contribution in [0.2, 0.25) is 0 Å². The quantitative estimate of drug-likeness (QED) is 0.481. The Morgan fingerprint density at radius 1 is 1.19 bits per heavy atom. The average Bonchev–Trinajstić information content (AvgIpc) is 2.66. The number of rotatable bonds is 5. The summed E-state index contributed by atoms with van der Waals surface area (Å²) < 4.78 is 13.8. The maximum atomic E-state index is 12.9. The van der Waals surface area contributed by atoms with Gasteiger partial charge in [0.15, 0.2) is 0 Å². The number of carbonyl (C=O) groups excluding carboxylic acids is 1. The van der Waals surface area contributed by atoms with Crippen molar-refractivity contribution in [3.05, 3.63) is 63.9 Å². The van der Waals surface area contributed by atoms with Crippen LogP contribution < -0.4 is 0 Å². The van der Waals surface area contributed by atoms with E-state index in [9.17, 15) is 9.18 Å². The Morgan fingerprint density at radius 3 is 2.58 bits per heavy atom. The van der Waals surface area contributed by atoms with E-state index in [0.717, 1.165) is 25.6 Å². The monoisotopic (exact) mass is 462 g/mol. The van der Waals surface area contributed by atoms with Crippen molar-refractivity contribution in [2.75, 3.05) is 13.7 Å². The lowest BCUT2D eigenvalue weighted by molar-refractivity contribution is 0.0727. The topological polar surface area (TPSA) is 33.2 Å². The third kappa shape index (κ3) is 3.87. The fourth-order valence-electron chi connectivity index (χ4n) is 2.87. The molecular weight excluding hydrogens is 442 g/mol. The zero-order chi connectivity index (χ0) is 18.7. The standard InChI is InChI=1S/C21H20FIN2O/c1-14(11-12-22)25(2)21(26)19-13-16-5-3-4-6-18(16)20(24-19)15-7-9-17(23)10-8-15/h3-10,13-14H,11-12H2,1-2H3. The van der Waals surface area contributed by atoms with E-state index in [0.29, 0.717) is 12.1 Å². The highest BCUT2D eigenvalue weighted by Crippen LogP contribution is 2.28. The number of fused-ring (bicyclic) bond motifs is 1. The van der Waals surface area contributed by atoms with Crippen LogP contribution in [0.25, 0.3) is 22.0 Å². The summed E-state index contributed by atoms with van der Waals surface area (Å²) in [5.41, 5.74) is 2.13. The molecule has 3 aromatic rings. The number of benzene rings is 2. The number of aromatic nitrogens is 1. The third-order valence-corrected chi connectivity index (χ3v) is 5.30. The molecule has 1 unspecified atom stereocenters. The molecule has 0 aliphatic carbocycles. The lowest BCUT2D eigenvalue weighted by Gasteiger charge is -2.24. The Morgan fingerprint density at radius 2 is 1.88 bits per heavy atom. The molecule has 1 heterocycles. The van der Waals surface area contributed by atoms with E-state index in [-0.39, 0.29) is 11.9 Å². The Bertz CT molecular complexity index is 927. The fourth-order valence-corrected chi connectivity index (χ4v) is 3.23. The number of hydrogen-bond acceptors (Lipinski definition) is 2. The molecule has 0 aliphatic heterocycles. The van der Waals surface area contributed by atoms with Gasteiger partial charge < -0.3 is 4.90 Å². The molecule has 26 heavy (non-hydrogen) atoms. The van der Waals surface area contributed by atoms with Crippen molar-refractivity contribution in [2.24, 2.45) is 0 Å². The van der Waals surface area contributed by atoms with E-state index in [1.807, 2.05) is 61.5 Å². The number of amides is 1. The van der Waals surface area contributed by atoms with Crippen LogP contribution in [0.4, 0.5) is 4.39 Å². The van der Waals surface area contributed by atoms with Crippen molar-refractivity contribution >= 4 is 39.3 Å². The first kappa shape index (κ1) is 18.8. The molecule has 0 saturated carbocycles. The first-order valence-electron chi connectivity index (χ1n) is 8.50. The summed E-state index contributed by atoms with van der Waals surface area (Å²) in [4.78, 5) is 19.1. The maximum absolute atomic E-state index is 12.9. The number of nitrogens with zero attached hydrogens (tertiary/aromatic N) is 2. The van der Waals surface area contributed by atoms with E-state index < -0.39 is 6.67 Å². The molecular formula is C21H20FIN2O. The van der Waals surface area contributed by atoms with Gasteiger partial charge in [0, 0.05) is 27.6 Å². The zero-order valence-electron chi connectivity index (χ0n) is 14.7. The fraction of sp³-hybridized carbons (Fsp3) is 0.238. The minimum Gasteiger partial charge on any atom is -0.338 e. The number of halogens is 2. The number of carbonyl (C=O) groups is 1. The third-order valence-electron chi connectivity index (χ3n) is 4.59. The molecule has 3 nitrogen and oxygen atoms in total. The Hall–Kier alpha value is -2.02. The van der Waals surface area contributed by atoms with Crippen LogP contribution in [0.1, 0.15) is 23.8 Å². The van der Waals surface area contributed by atoms with Crippen LogP contribution in [-0.2, 0) is 0 Å². The van der Waals surface area contributed by atoms with Crippen molar-refractivity contribution in [1.29, 1.82) is 0 Å². The molecule has 0 bridgehead atoms. The smallest absolute Gasteiger partial charge is 0.272 e. The molecule has 134 valence electrons. The molecule has 1 atom stereocenters. The molecule has 0 radical (unpaired) electrons. The molecule has 1 amide bonds. The minimum atomic E-state index is -0.447. The highest BCUT2D eigenvalue weighted by Gasteiger charge is 2.20. The minimum absolute atomic E-state index is 0.178. The summed E-state index contributed by atoms with van der Waals surface area (Å²) in [5.74, 6) is -0.191. The van der Waals surface area contributed by atoms with Crippen LogP contribution >= 0.6 is 22.6 Å². The van der Waals surface area contributed by atoms with Gasteiger partial charge in [0.1, 0.15) is 5.69 Å². The van der Waals surface area contributed by atoms with Gasteiger partial charge in [-0.25, -0.2) is 4.98 Å². The van der Waals surface area contributed by atoms with Gasteiger partial charge in [-0.05, 0) is 59.5 Å². The Balaban J connectivity index is 2.10. The first-order chi connectivity index (χ1) is 12.5. The molecule has 3 rings (SSSR count). The van der Waals surface area contributed by atoms with Crippen LogP contribution in [0.3, 0.4) is 0 Å². The molecule has 0 spiro atoms. The van der Waals surface area contributed by atoms with Crippen molar-refractivity contribution in [1.82, 2.24) is 9.88 Å². The second-order valence-electron chi connectivity index (χ2n) is 6.33. The van der Waals surface area contributed by atoms with E-state index >= 15 is 0 Å². The normalized spacial score (nSPS) is 12.2. The zero-order valence-corrected chi connectivity index (χ0v) is 16.9. The van der Waals surface area contributed by atoms with Gasteiger partial charge in [0.05, 0.1) is 12.4 Å². The van der Waals surface area contributed by atoms with Gasteiger partial charge in [0.25, 0.3) is 5.91 Å². The summed E-state index contributed by atoms with van der Waals surface area (Å²) in [6.45, 7) is 1.40. The number of pyridine rings is 1. The van der Waals surface area contributed by atoms with Crippen LogP contribution in [-0.4, -0.2) is 35.6 Å². The first-order valence-corrected chi connectivity index (χ1v) is 9.58. The summed E-state index contributed by atoms with van der Waals surface area (Å²) in [5, 5.41) is 1.97. The lowest BCUT2D eigenvalue weighted by Crippen LogP contribution is -2.35. The van der Waals surface area contributed by atoms with Crippen LogP contribution in [0, 0.1) is 3.57 Å². The predicted octanol–water partition coefficient (Wildman–Crippen LogP) is 5.33. The van der Waals surface area contributed by atoms with Gasteiger partial charge in [-0.15, -0.1) is 0 Å². The van der Waals surface area contributed by atoms with Crippen molar-refractivity contribution in [3.63, 3.8) is 0 Å². The molecule has 0 saturated heterocycles.